The molecule has 2 rings (SSSR count). The number of hydrogen-bond donors (Lipinski definition) is 1. The first-order valence-corrected chi connectivity index (χ1v) is 9.27. The van der Waals surface area contributed by atoms with Crippen LogP contribution < -0.4 is 5.32 Å². The Kier molecular flexibility index (Phi) is 4.37. The van der Waals surface area contributed by atoms with Crippen LogP contribution in [-0.4, -0.2) is 32.5 Å². The maximum atomic E-state index is 11.6. The maximum Gasteiger partial charge on any atom is 0.150 e. The van der Waals surface area contributed by atoms with Crippen LogP contribution in [0.2, 0.25) is 0 Å². The topological polar surface area (TPSA) is 46.2 Å². The number of rotatable bonds is 4. The standard InChI is InChI=1S/C14H27NO2S/c1-14(8-3-4-9-14)11-15-12-6-5-7-13(10-12)18(2,16)17/h12-13,15H,3-11H2,1-2H3. The average Bonchev–Trinajstić information content (AvgIpc) is 2.74. The molecule has 0 heterocycles. The van der Waals surface area contributed by atoms with Crippen LogP contribution in [0.5, 0.6) is 0 Å². The van der Waals surface area contributed by atoms with Crippen molar-refractivity contribution in [1.29, 1.82) is 0 Å². The molecule has 4 heteroatoms. The largest absolute Gasteiger partial charge is 0.313 e. The molecule has 106 valence electrons. The molecule has 0 bridgehead atoms. The number of sulfone groups is 1. The average molecular weight is 273 g/mol. The first kappa shape index (κ1) is 14.3. The van der Waals surface area contributed by atoms with Gasteiger partial charge >= 0.3 is 0 Å². The molecule has 3 nitrogen and oxygen atoms in total. The van der Waals surface area contributed by atoms with Crippen LogP contribution in [0.25, 0.3) is 0 Å². The fraction of sp³-hybridized carbons (Fsp3) is 1.00. The van der Waals surface area contributed by atoms with Gasteiger partial charge in [-0.1, -0.05) is 26.2 Å². The normalized spacial score (nSPS) is 32.6. The Morgan fingerprint density at radius 3 is 2.44 bits per heavy atom. The molecule has 2 fully saturated rings. The molecule has 0 saturated heterocycles. The molecule has 0 aromatic heterocycles. The van der Waals surface area contributed by atoms with Crippen LogP contribution in [-0.2, 0) is 9.84 Å². The third kappa shape index (κ3) is 3.70. The van der Waals surface area contributed by atoms with Gasteiger partial charge in [-0.15, -0.1) is 0 Å². The van der Waals surface area contributed by atoms with Crippen molar-refractivity contribution >= 4 is 9.84 Å². The van der Waals surface area contributed by atoms with E-state index < -0.39 is 9.84 Å². The zero-order chi connectivity index (χ0) is 13.2. The van der Waals surface area contributed by atoms with Gasteiger partial charge in [0.2, 0.25) is 0 Å². The third-order valence-electron chi connectivity index (χ3n) is 4.86. The minimum Gasteiger partial charge on any atom is -0.313 e. The summed E-state index contributed by atoms with van der Waals surface area (Å²) >= 11 is 0. The molecule has 0 aromatic rings. The molecule has 0 aromatic carbocycles. The highest BCUT2D eigenvalue weighted by atomic mass is 32.2. The molecule has 1 N–H and O–H groups in total. The number of nitrogens with one attached hydrogen (secondary N) is 1. The summed E-state index contributed by atoms with van der Waals surface area (Å²) in [5, 5.41) is 3.53. The van der Waals surface area contributed by atoms with Crippen LogP contribution in [0.15, 0.2) is 0 Å². The Morgan fingerprint density at radius 2 is 1.83 bits per heavy atom. The highest BCUT2D eigenvalue weighted by Crippen LogP contribution is 2.37. The SMILES string of the molecule is CC1(CNC2CCCC(S(C)(=O)=O)C2)CCCC1. The van der Waals surface area contributed by atoms with Crippen LogP contribution in [0.1, 0.15) is 58.3 Å². The van der Waals surface area contributed by atoms with Gasteiger partial charge in [0, 0.05) is 18.8 Å². The van der Waals surface area contributed by atoms with E-state index in [1.54, 1.807) is 0 Å². The van der Waals surface area contributed by atoms with E-state index >= 15 is 0 Å². The van der Waals surface area contributed by atoms with Crippen LogP contribution in [0.4, 0.5) is 0 Å². The summed E-state index contributed by atoms with van der Waals surface area (Å²) in [6.07, 6.45) is 10.6. The van der Waals surface area contributed by atoms with Crippen molar-refractivity contribution in [2.45, 2.75) is 69.6 Å². The highest BCUT2D eigenvalue weighted by Gasteiger charge is 2.32. The molecule has 2 unspecified atom stereocenters. The fourth-order valence-electron chi connectivity index (χ4n) is 3.52. The number of hydrogen-bond acceptors (Lipinski definition) is 3. The quantitative estimate of drug-likeness (QED) is 0.856. The molecule has 18 heavy (non-hydrogen) atoms. The molecule has 0 aliphatic heterocycles. The summed E-state index contributed by atoms with van der Waals surface area (Å²) in [6.45, 7) is 3.43. The van der Waals surface area contributed by atoms with E-state index in [-0.39, 0.29) is 5.25 Å². The molecule has 2 saturated carbocycles. The van der Waals surface area contributed by atoms with Gasteiger partial charge in [-0.05, 0) is 37.5 Å². The second kappa shape index (κ2) is 5.49. The second-order valence-corrected chi connectivity index (χ2v) is 9.04. The van der Waals surface area contributed by atoms with Crippen molar-refractivity contribution < 1.29 is 8.42 Å². The first-order chi connectivity index (χ1) is 8.39. The van der Waals surface area contributed by atoms with Crippen LogP contribution >= 0.6 is 0 Å². The molecule has 0 amide bonds. The van der Waals surface area contributed by atoms with E-state index in [2.05, 4.69) is 12.2 Å². The zero-order valence-electron chi connectivity index (χ0n) is 11.7. The van der Waals surface area contributed by atoms with Crippen molar-refractivity contribution in [1.82, 2.24) is 5.32 Å². The van der Waals surface area contributed by atoms with Gasteiger partial charge in [-0.25, -0.2) is 8.42 Å². The molecule has 0 spiro atoms. The van der Waals surface area contributed by atoms with E-state index in [1.165, 1.54) is 31.9 Å². The van der Waals surface area contributed by atoms with Crippen molar-refractivity contribution in [3.05, 3.63) is 0 Å². The Labute approximate surface area is 112 Å². The molecule has 2 aliphatic carbocycles. The van der Waals surface area contributed by atoms with Gasteiger partial charge in [0.05, 0.1) is 5.25 Å². The minimum atomic E-state index is -2.85. The fourth-order valence-corrected chi connectivity index (χ4v) is 4.69. The maximum absolute atomic E-state index is 11.6. The van der Waals surface area contributed by atoms with E-state index in [0.717, 1.165) is 32.2 Å². The van der Waals surface area contributed by atoms with Crippen molar-refractivity contribution in [2.24, 2.45) is 5.41 Å². The summed E-state index contributed by atoms with van der Waals surface area (Å²) in [4.78, 5) is 0. The predicted molar refractivity (Wildman–Crippen MR) is 75.5 cm³/mol. The highest BCUT2D eigenvalue weighted by molar-refractivity contribution is 7.91. The summed E-state index contributed by atoms with van der Waals surface area (Å²) in [5.74, 6) is 0. The Bertz CT molecular complexity index is 371. The smallest absolute Gasteiger partial charge is 0.150 e. The van der Waals surface area contributed by atoms with Gasteiger partial charge in [-0.2, -0.15) is 0 Å². The van der Waals surface area contributed by atoms with Crippen LogP contribution in [0, 0.1) is 5.41 Å². The summed E-state index contributed by atoms with van der Waals surface area (Å²) in [7, 11) is -2.85. The molecule has 2 atom stereocenters. The van der Waals surface area contributed by atoms with Crippen molar-refractivity contribution in [3.8, 4) is 0 Å². The molecular formula is C14H27NO2S. The van der Waals surface area contributed by atoms with Gasteiger partial charge in [0.1, 0.15) is 9.84 Å². The monoisotopic (exact) mass is 273 g/mol. The van der Waals surface area contributed by atoms with E-state index in [1.807, 2.05) is 0 Å². The molecular weight excluding hydrogens is 246 g/mol. The summed E-state index contributed by atoms with van der Waals surface area (Å²) in [5.41, 5.74) is 0.456. The van der Waals surface area contributed by atoms with E-state index in [9.17, 15) is 8.42 Å². The summed E-state index contributed by atoms with van der Waals surface area (Å²) < 4.78 is 23.3. The Morgan fingerprint density at radius 1 is 1.17 bits per heavy atom. The van der Waals surface area contributed by atoms with Gasteiger partial charge < -0.3 is 5.32 Å². The zero-order valence-corrected chi connectivity index (χ0v) is 12.6. The Hall–Kier alpha value is -0.0900. The third-order valence-corrected chi connectivity index (χ3v) is 6.50. The van der Waals surface area contributed by atoms with Crippen molar-refractivity contribution in [2.75, 3.05) is 12.8 Å². The summed E-state index contributed by atoms with van der Waals surface area (Å²) in [6, 6.07) is 0.413. The second-order valence-electron chi connectivity index (χ2n) is 6.71. The predicted octanol–water partition coefficient (Wildman–Crippen LogP) is 2.51. The van der Waals surface area contributed by atoms with Gasteiger partial charge in [-0.3, -0.25) is 0 Å². The van der Waals surface area contributed by atoms with E-state index in [4.69, 9.17) is 0 Å². The minimum absolute atomic E-state index is 0.111. The lowest BCUT2D eigenvalue weighted by Crippen LogP contribution is -2.42. The lowest BCUT2D eigenvalue weighted by Gasteiger charge is -2.32. The van der Waals surface area contributed by atoms with Gasteiger partial charge in [0.15, 0.2) is 0 Å². The van der Waals surface area contributed by atoms with Crippen LogP contribution in [0.3, 0.4) is 0 Å². The molecule has 0 radical (unpaired) electrons. The molecule has 2 aliphatic rings. The van der Waals surface area contributed by atoms with E-state index in [0.29, 0.717) is 11.5 Å². The van der Waals surface area contributed by atoms with Crippen molar-refractivity contribution in [3.63, 3.8) is 0 Å². The van der Waals surface area contributed by atoms with Gasteiger partial charge in [0.25, 0.3) is 0 Å². The Balaban J connectivity index is 1.83. The lowest BCUT2D eigenvalue weighted by atomic mass is 9.87. The lowest BCUT2D eigenvalue weighted by molar-refractivity contribution is 0.273. The first-order valence-electron chi connectivity index (χ1n) is 7.31.